The summed E-state index contributed by atoms with van der Waals surface area (Å²) < 4.78 is 5.47. The van der Waals surface area contributed by atoms with Gasteiger partial charge in [0.15, 0.2) is 0 Å². The molecule has 1 aromatic carbocycles. The average Bonchev–Trinajstić information content (AvgIpc) is 2.01. The van der Waals surface area contributed by atoms with Gasteiger partial charge < -0.3 is 4.74 Å². The van der Waals surface area contributed by atoms with E-state index in [4.69, 9.17) is 4.74 Å². The third kappa shape index (κ3) is 3.41. The van der Waals surface area contributed by atoms with E-state index >= 15 is 0 Å². The first-order chi connectivity index (χ1) is 6.61. The summed E-state index contributed by atoms with van der Waals surface area (Å²) in [5, 5.41) is 0. The van der Waals surface area contributed by atoms with E-state index < -0.39 is 0 Å². The van der Waals surface area contributed by atoms with Crippen molar-refractivity contribution in [1.29, 1.82) is 0 Å². The molecule has 0 unspecified atom stereocenters. The first kappa shape index (κ1) is 11.1. The second kappa shape index (κ2) is 5.04. The molecule has 1 radical (unpaired) electrons. The zero-order valence-corrected chi connectivity index (χ0v) is 9.34. The van der Waals surface area contributed by atoms with Crippen LogP contribution in [0, 0.1) is 12.8 Å². The number of benzene rings is 1. The highest BCUT2D eigenvalue weighted by Gasteiger charge is 2.01. The Bertz CT molecular complexity index is 289. The second-order valence-corrected chi connectivity index (χ2v) is 4.02. The lowest BCUT2D eigenvalue weighted by Crippen LogP contribution is -1.97. The monoisotopic (exact) mass is 191 g/mol. The maximum Gasteiger partial charge on any atom is 0.119 e. The molecular formula is C13H19O. The Morgan fingerprint density at radius 1 is 1.29 bits per heavy atom. The van der Waals surface area contributed by atoms with Gasteiger partial charge in [0, 0.05) is 0 Å². The van der Waals surface area contributed by atoms with Crippen molar-refractivity contribution in [2.45, 2.75) is 27.2 Å². The van der Waals surface area contributed by atoms with E-state index in [9.17, 15) is 0 Å². The molecule has 1 nitrogen and oxygen atoms in total. The summed E-state index contributed by atoms with van der Waals surface area (Å²) in [5.74, 6) is 1.61. The van der Waals surface area contributed by atoms with Gasteiger partial charge in [0.1, 0.15) is 5.75 Å². The number of hydrogen-bond acceptors (Lipinski definition) is 1. The maximum absolute atomic E-state index is 5.47. The lowest BCUT2D eigenvalue weighted by molar-refractivity contribution is 0.339. The molecule has 0 heterocycles. The second-order valence-electron chi connectivity index (χ2n) is 4.02. The summed E-state index contributed by atoms with van der Waals surface area (Å²) in [4.78, 5) is 0. The van der Waals surface area contributed by atoms with E-state index in [1.54, 1.807) is 0 Å². The van der Waals surface area contributed by atoms with E-state index in [1.165, 1.54) is 5.56 Å². The minimum atomic E-state index is 0.672. The minimum Gasteiger partial charge on any atom is -0.494 e. The zero-order chi connectivity index (χ0) is 10.6. The smallest absolute Gasteiger partial charge is 0.119 e. The van der Waals surface area contributed by atoms with Gasteiger partial charge in [-0.2, -0.15) is 0 Å². The summed E-state index contributed by atoms with van der Waals surface area (Å²) in [5.41, 5.74) is 2.35. The van der Waals surface area contributed by atoms with Crippen molar-refractivity contribution in [3.63, 3.8) is 0 Å². The molecule has 0 fully saturated rings. The van der Waals surface area contributed by atoms with E-state index in [-0.39, 0.29) is 0 Å². The normalized spacial score (nSPS) is 10.6. The van der Waals surface area contributed by atoms with E-state index in [2.05, 4.69) is 32.9 Å². The summed E-state index contributed by atoms with van der Waals surface area (Å²) in [7, 11) is 0. The van der Waals surface area contributed by atoms with Gasteiger partial charge >= 0.3 is 0 Å². The lowest BCUT2D eigenvalue weighted by atomic mass is 10.0. The van der Waals surface area contributed by atoms with E-state index in [1.807, 2.05) is 13.0 Å². The lowest BCUT2D eigenvalue weighted by Gasteiger charge is -2.09. The molecule has 0 spiro atoms. The van der Waals surface area contributed by atoms with Crippen LogP contribution in [0.1, 0.15) is 31.9 Å². The van der Waals surface area contributed by atoms with Crippen molar-refractivity contribution in [1.82, 2.24) is 0 Å². The molecule has 1 heteroatoms. The number of hydrogen-bond donors (Lipinski definition) is 0. The van der Waals surface area contributed by atoms with Crippen LogP contribution in [0.4, 0.5) is 0 Å². The van der Waals surface area contributed by atoms with Crippen molar-refractivity contribution in [2.75, 3.05) is 6.61 Å². The Morgan fingerprint density at radius 3 is 2.57 bits per heavy atom. The quantitative estimate of drug-likeness (QED) is 0.708. The van der Waals surface area contributed by atoms with Crippen molar-refractivity contribution in [3.05, 3.63) is 36.2 Å². The largest absolute Gasteiger partial charge is 0.494 e. The number of rotatable bonds is 4. The molecule has 0 aliphatic carbocycles. The Hall–Kier alpha value is -0.980. The van der Waals surface area contributed by atoms with E-state index in [0.717, 1.165) is 17.7 Å². The van der Waals surface area contributed by atoms with Crippen LogP contribution in [0.5, 0.6) is 5.75 Å². The Morgan fingerprint density at radius 2 is 2.00 bits per heavy atom. The molecule has 14 heavy (non-hydrogen) atoms. The SMILES string of the molecule is [CH2]c1cc(CC(C)C)cc(OCC)c1. The molecule has 1 rings (SSSR count). The maximum atomic E-state index is 5.47. The van der Waals surface area contributed by atoms with Crippen LogP contribution in [0.25, 0.3) is 0 Å². The van der Waals surface area contributed by atoms with Crippen LogP contribution < -0.4 is 4.74 Å². The molecule has 0 aliphatic heterocycles. The summed E-state index contributed by atoms with van der Waals surface area (Å²) in [6.45, 7) is 11.1. The third-order valence-electron chi connectivity index (χ3n) is 1.98. The first-order valence-corrected chi connectivity index (χ1v) is 5.20. The third-order valence-corrected chi connectivity index (χ3v) is 1.98. The highest BCUT2D eigenvalue weighted by Crippen LogP contribution is 2.19. The minimum absolute atomic E-state index is 0.672. The van der Waals surface area contributed by atoms with Gasteiger partial charge in [-0.1, -0.05) is 19.9 Å². The molecule has 0 bridgehead atoms. The molecule has 0 aliphatic rings. The molecule has 1 aromatic rings. The standard InChI is InChI=1S/C13H19O/c1-5-14-13-8-11(4)7-12(9-13)6-10(2)3/h7-10H,4-6H2,1-3H3. The molecule has 0 amide bonds. The molecule has 0 saturated carbocycles. The summed E-state index contributed by atoms with van der Waals surface area (Å²) >= 11 is 0. The van der Waals surface area contributed by atoms with Gasteiger partial charge in [-0.05, 0) is 49.4 Å². The van der Waals surface area contributed by atoms with Crippen LogP contribution in [0.15, 0.2) is 18.2 Å². The molecular weight excluding hydrogens is 172 g/mol. The fourth-order valence-electron chi connectivity index (χ4n) is 1.57. The van der Waals surface area contributed by atoms with Crippen molar-refractivity contribution in [3.8, 4) is 5.75 Å². The molecule has 0 atom stereocenters. The van der Waals surface area contributed by atoms with Crippen LogP contribution in [-0.2, 0) is 6.42 Å². The number of ether oxygens (including phenoxy) is 1. The van der Waals surface area contributed by atoms with Gasteiger partial charge in [0.05, 0.1) is 6.61 Å². The predicted molar refractivity (Wildman–Crippen MR) is 60.6 cm³/mol. The Balaban J connectivity index is 2.83. The van der Waals surface area contributed by atoms with Gasteiger partial charge in [0.2, 0.25) is 0 Å². The highest BCUT2D eigenvalue weighted by atomic mass is 16.5. The molecule has 0 N–H and O–H groups in total. The fraction of sp³-hybridized carbons (Fsp3) is 0.462. The fourth-order valence-corrected chi connectivity index (χ4v) is 1.57. The average molecular weight is 191 g/mol. The van der Waals surface area contributed by atoms with Crippen LogP contribution in [0.2, 0.25) is 0 Å². The van der Waals surface area contributed by atoms with Gasteiger partial charge in [-0.15, -0.1) is 0 Å². The summed E-state index contributed by atoms with van der Waals surface area (Å²) in [6.07, 6.45) is 1.09. The highest BCUT2D eigenvalue weighted by molar-refractivity contribution is 5.36. The van der Waals surface area contributed by atoms with E-state index in [0.29, 0.717) is 12.5 Å². The van der Waals surface area contributed by atoms with Crippen LogP contribution >= 0.6 is 0 Å². The Kier molecular flexibility index (Phi) is 3.99. The Labute approximate surface area is 87.1 Å². The van der Waals surface area contributed by atoms with Crippen molar-refractivity contribution in [2.24, 2.45) is 5.92 Å². The van der Waals surface area contributed by atoms with Crippen LogP contribution in [-0.4, -0.2) is 6.61 Å². The zero-order valence-electron chi connectivity index (χ0n) is 9.34. The summed E-state index contributed by atoms with van der Waals surface area (Å²) in [6, 6.07) is 6.22. The molecule has 0 aromatic heterocycles. The molecule has 77 valence electrons. The first-order valence-electron chi connectivity index (χ1n) is 5.20. The van der Waals surface area contributed by atoms with Gasteiger partial charge in [-0.25, -0.2) is 0 Å². The van der Waals surface area contributed by atoms with Crippen molar-refractivity contribution >= 4 is 0 Å². The van der Waals surface area contributed by atoms with Gasteiger partial charge in [-0.3, -0.25) is 0 Å². The topological polar surface area (TPSA) is 9.23 Å². The van der Waals surface area contributed by atoms with Crippen LogP contribution in [0.3, 0.4) is 0 Å². The van der Waals surface area contributed by atoms with Crippen molar-refractivity contribution < 1.29 is 4.74 Å². The van der Waals surface area contributed by atoms with Gasteiger partial charge in [0.25, 0.3) is 0 Å². The molecule has 0 saturated heterocycles. The predicted octanol–water partition coefficient (Wildman–Crippen LogP) is 3.47.